The minimum Gasteiger partial charge on any atom is -0.382 e. The minimum absolute atomic E-state index is 0.0144. The smallest absolute Gasteiger partial charge is 0.236 e. The zero-order valence-corrected chi connectivity index (χ0v) is 7.50. The molecule has 0 spiro atoms. The number of ether oxygens (including phenoxy) is 2. The van der Waals surface area contributed by atoms with Gasteiger partial charge in [0.05, 0.1) is 25.7 Å². The Bertz CT molecular complexity index is 130. The first-order valence-electron chi connectivity index (χ1n) is 3.80. The van der Waals surface area contributed by atoms with Crippen molar-refractivity contribution >= 4 is 5.91 Å². The molecule has 1 amide bonds. The number of hydrogen-bond acceptors (Lipinski definition) is 4. The number of nitrogens with two attached hydrogens (primary N) is 1. The van der Waals surface area contributed by atoms with E-state index in [1.54, 1.807) is 7.11 Å². The molecule has 0 aromatic carbocycles. The van der Waals surface area contributed by atoms with Crippen molar-refractivity contribution in [3.05, 3.63) is 0 Å². The van der Waals surface area contributed by atoms with E-state index in [2.05, 4.69) is 0 Å². The van der Waals surface area contributed by atoms with E-state index in [0.29, 0.717) is 13.2 Å². The summed E-state index contributed by atoms with van der Waals surface area (Å²) in [5.41, 5.74) is 2.02. The minimum atomic E-state index is -0.223. The van der Waals surface area contributed by atoms with Gasteiger partial charge >= 0.3 is 0 Å². The molecule has 0 aliphatic heterocycles. The third kappa shape index (κ3) is 6.09. The molecular formula is C7H16N2O3. The summed E-state index contributed by atoms with van der Waals surface area (Å²) in [6, 6.07) is 0. The van der Waals surface area contributed by atoms with Crippen LogP contribution in [-0.2, 0) is 14.3 Å². The average molecular weight is 176 g/mol. The lowest BCUT2D eigenvalue weighted by atomic mass is 10.4. The van der Waals surface area contributed by atoms with Gasteiger partial charge < -0.3 is 9.47 Å². The highest BCUT2D eigenvalue weighted by atomic mass is 16.5. The van der Waals surface area contributed by atoms with Crippen molar-refractivity contribution in [2.75, 3.05) is 20.3 Å². The maximum Gasteiger partial charge on any atom is 0.236 e. The Morgan fingerprint density at radius 1 is 1.67 bits per heavy atom. The fourth-order valence-electron chi connectivity index (χ4n) is 0.708. The fourth-order valence-corrected chi connectivity index (χ4v) is 0.708. The Hall–Kier alpha value is -0.650. The SMILES string of the molecule is COCC(C)OCCC(=O)NN. The van der Waals surface area contributed by atoms with Gasteiger partial charge in [-0.1, -0.05) is 0 Å². The Labute approximate surface area is 72.2 Å². The predicted molar refractivity (Wildman–Crippen MR) is 44.2 cm³/mol. The molecular weight excluding hydrogens is 160 g/mol. The summed E-state index contributed by atoms with van der Waals surface area (Å²) in [7, 11) is 1.60. The van der Waals surface area contributed by atoms with Crippen LogP contribution in [0, 0.1) is 0 Å². The fraction of sp³-hybridized carbons (Fsp3) is 0.857. The quantitative estimate of drug-likeness (QED) is 0.322. The number of carbonyl (C=O) groups is 1. The van der Waals surface area contributed by atoms with Crippen LogP contribution >= 0.6 is 0 Å². The maximum absolute atomic E-state index is 10.6. The van der Waals surface area contributed by atoms with Gasteiger partial charge in [0.1, 0.15) is 0 Å². The lowest BCUT2D eigenvalue weighted by Gasteiger charge is -2.10. The molecule has 1 atom stereocenters. The van der Waals surface area contributed by atoms with Crippen molar-refractivity contribution in [3.8, 4) is 0 Å². The zero-order valence-electron chi connectivity index (χ0n) is 7.50. The monoisotopic (exact) mass is 176 g/mol. The van der Waals surface area contributed by atoms with Crippen LogP contribution in [-0.4, -0.2) is 32.3 Å². The van der Waals surface area contributed by atoms with Crippen LogP contribution in [0.1, 0.15) is 13.3 Å². The zero-order chi connectivity index (χ0) is 9.40. The number of hydrogen-bond donors (Lipinski definition) is 2. The summed E-state index contributed by atoms with van der Waals surface area (Å²) in [4.78, 5) is 10.6. The highest BCUT2D eigenvalue weighted by Crippen LogP contribution is 1.92. The van der Waals surface area contributed by atoms with E-state index in [9.17, 15) is 4.79 Å². The van der Waals surface area contributed by atoms with Gasteiger partial charge in [-0.15, -0.1) is 0 Å². The number of nitrogens with one attached hydrogen (secondary N) is 1. The summed E-state index contributed by atoms with van der Waals surface area (Å²) < 4.78 is 10.1. The van der Waals surface area contributed by atoms with Gasteiger partial charge in [0.2, 0.25) is 5.91 Å². The highest BCUT2D eigenvalue weighted by molar-refractivity contribution is 5.75. The molecule has 0 aliphatic rings. The second-order valence-electron chi connectivity index (χ2n) is 2.45. The first-order valence-corrected chi connectivity index (χ1v) is 3.80. The van der Waals surface area contributed by atoms with Crippen molar-refractivity contribution < 1.29 is 14.3 Å². The Balaban J connectivity index is 3.24. The van der Waals surface area contributed by atoms with Crippen molar-refractivity contribution in [1.29, 1.82) is 0 Å². The normalized spacial score (nSPS) is 12.6. The first-order chi connectivity index (χ1) is 5.70. The molecule has 0 fully saturated rings. The number of hydrazine groups is 1. The lowest BCUT2D eigenvalue weighted by molar-refractivity contribution is -0.122. The Morgan fingerprint density at radius 3 is 2.83 bits per heavy atom. The average Bonchev–Trinajstić information content (AvgIpc) is 2.04. The molecule has 0 aliphatic carbocycles. The summed E-state index contributed by atoms with van der Waals surface area (Å²) >= 11 is 0. The van der Waals surface area contributed by atoms with Crippen LogP contribution in [0.2, 0.25) is 0 Å². The van der Waals surface area contributed by atoms with Gasteiger partial charge in [0.15, 0.2) is 0 Å². The number of carbonyl (C=O) groups excluding carboxylic acids is 1. The number of methoxy groups -OCH3 is 1. The van der Waals surface area contributed by atoms with Crippen molar-refractivity contribution in [1.82, 2.24) is 5.43 Å². The molecule has 5 nitrogen and oxygen atoms in total. The van der Waals surface area contributed by atoms with E-state index in [1.807, 2.05) is 12.3 Å². The van der Waals surface area contributed by atoms with Crippen LogP contribution in [0.5, 0.6) is 0 Å². The third-order valence-electron chi connectivity index (χ3n) is 1.29. The molecule has 1 unspecified atom stereocenters. The molecule has 72 valence electrons. The molecule has 12 heavy (non-hydrogen) atoms. The molecule has 0 aromatic rings. The first kappa shape index (κ1) is 11.4. The predicted octanol–water partition coefficient (Wildman–Crippen LogP) is -0.582. The second kappa shape index (κ2) is 7.02. The van der Waals surface area contributed by atoms with Gasteiger partial charge in [-0.05, 0) is 6.92 Å². The molecule has 0 radical (unpaired) electrons. The molecule has 0 saturated heterocycles. The van der Waals surface area contributed by atoms with E-state index in [1.165, 1.54) is 0 Å². The standard InChI is InChI=1S/C7H16N2O3/c1-6(5-11-2)12-4-3-7(10)9-8/h6H,3-5,8H2,1-2H3,(H,9,10). The molecule has 0 saturated carbocycles. The summed E-state index contributed by atoms with van der Waals surface area (Å²) in [5.74, 6) is 4.65. The van der Waals surface area contributed by atoms with Gasteiger partial charge in [-0.2, -0.15) is 0 Å². The third-order valence-corrected chi connectivity index (χ3v) is 1.29. The van der Waals surface area contributed by atoms with Gasteiger partial charge in [0.25, 0.3) is 0 Å². The van der Waals surface area contributed by atoms with E-state index in [-0.39, 0.29) is 18.4 Å². The number of amides is 1. The van der Waals surface area contributed by atoms with E-state index in [0.717, 1.165) is 0 Å². The molecule has 5 heteroatoms. The molecule has 0 aromatic heterocycles. The molecule has 3 N–H and O–H groups in total. The largest absolute Gasteiger partial charge is 0.382 e. The van der Waals surface area contributed by atoms with Gasteiger partial charge in [0, 0.05) is 7.11 Å². The van der Waals surface area contributed by atoms with Crippen LogP contribution in [0.15, 0.2) is 0 Å². The van der Waals surface area contributed by atoms with Gasteiger partial charge in [-0.3, -0.25) is 10.2 Å². The van der Waals surface area contributed by atoms with Crippen molar-refractivity contribution in [3.63, 3.8) is 0 Å². The summed E-state index contributed by atoms with van der Waals surface area (Å²) in [6.07, 6.45) is 0.297. The second-order valence-corrected chi connectivity index (χ2v) is 2.45. The molecule has 0 rings (SSSR count). The van der Waals surface area contributed by atoms with Crippen molar-refractivity contribution in [2.45, 2.75) is 19.4 Å². The van der Waals surface area contributed by atoms with Gasteiger partial charge in [-0.25, -0.2) is 5.84 Å². The van der Waals surface area contributed by atoms with E-state index < -0.39 is 0 Å². The van der Waals surface area contributed by atoms with Crippen molar-refractivity contribution in [2.24, 2.45) is 5.84 Å². The topological polar surface area (TPSA) is 73.6 Å². The number of rotatable bonds is 6. The van der Waals surface area contributed by atoms with Crippen LogP contribution < -0.4 is 11.3 Å². The van der Waals surface area contributed by atoms with Crippen LogP contribution in [0.25, 0.3) is 0 Å². The van der Waals surface area contributed by atoms with E-state index >= 15 is 0 Å². The molecule has 0 bridgehead atoms. The lowest BCUT2D eigenvalue weighted by Crippen LogP contribution is -2.31. The van der Waals surface area contributed by atoms with E-state index in [4.69, 9.17) is 15.3 Å². The van der Waals surface area contributed by atoms with Crippen LogP contribution in [0.4, 0.5) is 0 Å². The molecule has 0 heterocycles. The highest BCUT2D eigenvalue weighted by Gasteiger charge is 2.02. The maximum atomic E-state index is 10.6. The summed E-state index contributed by atoms with van der Waals surface area (Å²) in [6.45, 7) is 2.78. The summed E-state index contributed by atoms with van der Waals surface area (Å²) in [5, 5.41) is 0. The van der Waals surface area contributed by atoms with Crippen LogP contribution in [0.3, 0.4) is 0 Å². The Morgan fingerprint density at radius 2 is 2.33 bits per heavy atom. The Kier molecular flexibility index (Phi) is 6.64.